The predicted molar refractivity (Wildman–Crippen MR) is 113 cm³/mol. The molecule has 0 aliphatic rings. The summed E-state index contributed by atoms with van der Waals surface area (Å²) in [5, 5.41) is 10.6. The molecule has 0 saturated carbocycles. The number of rotatable bonds is 1. The average Bonchev–Trinajstić information content (AvgIpc) is 2.71. The second-order valence-electron chi connectivity index (χ2n) is 7.03. The van der Waals surface area contributed by atoms with E-state index in [9.17, 15) is 0 Å². The first-order valence-electron chi connectivity index (χ1n) is 9.04. The highest BCUT2D eigenvalue weighted by atomic mass is 14.1. The van der Waals surface area contributed by atoms with Crippen LogP contribution >= 0.6 is 0 Å². The lowest BCUT2D eigenvalue weighted by Crippen LogP contribution is -1.86. The maximum absolute atomic E-state index is 2.34. The molecule has 0 atom stereocenters. The fraction of sp³-hybridized carbons (Fsp3) is 0. The molecule has 6 rings (SSSR count). The van der Waals surface area contributed by atoms with Gasteiger partial charge in [0.15, 0.2) is 0 Å². The van der Waals surface area contributed by atoms with Crippen molar-refractivity contribution in [3.05, 3.63) is 97.1 Å². The molecule has 26 heavy (non-hydrogen) atoms. The molecule has 0 nitrogen and oxygen atoms in total. The number of hydrogen-bond donors (Lipinski definition) is 0. The van der Waals surface area contributed by atoms with Gasteiger partial charge < -0.3 is 0 Å². The van der Waals surface area contributed by atoms with Gasteiger partial charge in [-0.2, -0.15) is 0 Å². The van der Waals surface area contributed by atoms with E-state index in [1.165, 1.54) is 54.2 Å². The normalized spacial score (nSPS) is 11.8. The van der Waals surface area contributed by atoms with Crippen LogP contribution in [0.3, 0.4) is 0 Å². The van der Waals surface area contributed by atoms with Gasteiger partial charge in [-0.15, -0.1) is 0 Å². The summed E-state index contributed by atoms with van der Waals surface area (Å²) in [5.41, 5.74) is 2.58. The lowest BCUT2D eigenvalue weighted by molar-refractivity contribution is 1.69. The van der Waals surface area contributed by atoms with Gasteiger partial charge in [0.1, 0.15) is 0 Å². The predicted octanol–water partition coefficient (Wildman–Crippen LogP) is 7.40. The van der Waals surface area contributed by atoms with Crippen molar-refractivity contribution in [3.8, 4) is 11.1 Å². The zero-order chi connectivity index (χ0) is 17.1. The standard InChI is InChI=1S/C26H16/c1-2-9-23-17(5-1)6-4-10-24(23)22-15-20-13-11-18-7-3-8-19-12-14-21(16-22)26(20)25(18)19/h1-16H. The summed E-state index contributed by atoms with van der Waals surface area (Å²) in [6.45, 7) is 0. The Bertz CT molecular complexity index is 1350. The summed E-state index contributed by atoms with van der Waals surface area (Å²) in [7, 11) is 0. The van der Waals surface area contributed by atoms with Crippen LogP contribution in [0, 0.1) is 0 Å². The van der Waals surface area contributed by atoms with E-state index < -0.39 is 0 Å². The molecule has 0 aromatic heterocycles. The molecular formula is C26H16. The summed E-state index contributed by atoms with van der Waals surface area (Å²) in [5.74, 6) is 0. The molecule has 0 radical (unpaired) electrons. The van der Waals surface area contributed by atoms with E-state index in [1.54, 1.807) is 0 Å². The average molecular weight is 328 g/mol. The largest absolute Gasteiger partial charge is 0.0616 e. The van der Waals surface area contributed by atoms with E-state index in [1.807, 2.05) is 0 Å². The van der Waals surface area contributed by atoms with Gasteiger partial charge in [0, 0.05) is 0 Å². The van der Waals surface area contributed by atoms with Crippen LogP contribution in [0.2, 0.25) is 0 Å². The van der Waals surface area contributed by atoms with E-state index in [0.29, 0.717) is 0 Å². The van der Waals surface area contributed by atoms with Gasteiger partial charge in [-0.05, 0) is 66.3 Å². The van der Waals surface area contributed by atoms with Crippen molar-refractivity contribution in [2.45, 2.75) is 0 Å². The van der Waals surface area contributed by atoms with Gasteiger partial charge in [0.05, 0.1) is 0 Å². The minimum Gasteiger partial charge on any atom is -0.0616 e. The van der Waals surface area contributed by atoms with Crippen molar-refractivity contribution in [2.24, 2.45) is 0 Å². The highest BCUT2D eigenvalue weighted by Crippen LogP contribution is 2.38. The van der Waals surface area contributed by atoms with Crippen molar-refractivity contribution in [2.75, 3.05) is 0 Å². The number of fused-ring (bicyclic) bond motifs is 1. The zero-order valence-electron chi connectivity index (χ0n) is 14.2. The molecule has 0 aliphatic heterocycles. The first-order chi connectivity index (χ1) is 12.9. The lowest BCUT2D eigenvalue weighted by Gasteiger charge is -2.13. The summed E-state index contributed by atoms with van der Waals surface area (Å²) in [6.07, 6.45) is 0. The van der Waals surface area contributed by atoms with Crippen LogP contribution in [-0.2, 0) is 0 Å². The molecule has 0 heterocycles. The Morgan fingerprint density at radius 1 is 0.385 bits per heavy atom. The minimum absolute atomic E-state index is 1.28. The Morgan fingerprint density at radius 3 is 1.69 bits per heavy atom. The molecule has 0 heteroatoms. The van der Waals surface area contributed by atoms with Crippen molar-refractivity contribution < 1.29 is 0 Å². The monoisotopic (exact) mass is 328 g/mol. The Labute approximate surface area is 151 Å². The van der Waals surface area contributed by atoms with Crippen LogP contribution in [0.15, 0.2) is 97.1 Å². The first kappa shape index (κ1) is 13.9. The molecule has 0 unspecified atom stereocenters. The fourth-order valence-corrected chi connectivity index (χ4v) is 4.39. The zero-order valence-corrected chi connectivity index (χ0v) is 14.2. The van der Waals surface area contributed by atoms with Gasteiger partial charge >= 0.3 is 0 Å². The third-order valence-corrected chi connectivity index (χ3v) is 5.56. The van der Waals surface area contributed by atoms with E-state index in [2.05, 4.69) is 97.1 Å². The molecule has 120 valence electrons. The van der Waals surface area contributed by atoms with Crippen LogP contribution in [0.1, 0.15) is 0 Å². The molecule has 0 spiro atoms. The smallest absolute Gasteiger partial charge is 0.00264 e. The van der Waals surface area contributed by atoms with Crippen LogP contribution in [0.4, 0.5) is 0 Å². The van der Waals surface area contributed by atoms with Gasteiger partial charge in [-0.1, -0.05) is 84.9 Å². The van der Waals surface area contributed by atoms with Crippen molar-refractivity contribution in [1.82, 2.24) is 0 Å². The van der Waals surface area contributed by atoms with Gasteiger partial charge in [-0.3, -0.25) is 0 Å². The lowest BCUT2D eigenvalue weighted by atomic mass is 9.90. The second-order valence-corrected chi connectivity index (χ2v) is 7.03. The molecule has 0 fully saturated rings. The fourth-order valence-electron chi connectivity index (χ4n) is 4.39. The highest BCUT2D eigenvalue weighted by molar-refractivity contribution is 6.24. The molecule has 0 amide bonds. The summed E-state index contributed by atoms with van der Waals surface area (Å²) in [6, 6.07) is 35.5. The first-order valence-corrected chi connectivity index (χ1v) is 9.04. The van der Waals surface area contributed by atoms with E-state index >= 15 is 0 Å². The van der Waals surface area contributed by atoms with Crippen LogP contribution in [0.25, 0.3) is 54.2 Å². The van der Waals surface area contributed by atoms with E-state index in [-0.39, 0.29) is 0 Å². The summed E-state index contributed by atoms with van der Waals surface area (Å²) < 4.78 is 0. The molecule has 0 aliphatic carbocycles. The third-order valence-electron chi connectivity index (χ3n) is 5.56. The molecule has 0 bridgehead atoms. The maximum atomic E-state index is 2.34. The topological polar surface area (TPSA) is 0 Å². The number of hydrogen-bond acceptors (Lipinski definition) is 0. The van der Waals surface area contributed by atoms with Crippen molar-refractivity contribution in [1.29, 1.82) is 0 Å². The molecule has 6 aromatic carbocycles. The second kappa shape index (κ2) is 5.06. The van der Waals surface area contributed by atoms with Gasteiger partial charge in [0.25, 0.3) is 0 Å². The minimum atomic E-state index is 1.28. The maximum Gasteiger partial charge on any atom is -0.00264 e. The van der Waals surface area contributed by atoms with Crippen LogP contribution in [0.5, 0.6) is 0 Å². The Kier molecular flexibility index (Phi) is 2.70. The summed E-state index contributed by atoms with van der Waals surface area (Å²) >= 11 is 0. The van der Waals surface area contributed by atoms with Crippen molar-refractivity contribution >= 4 is 43.1 Å². The summed E-state index contributed by atoms with van der Waals surface area (Å²) in [4.78, 5) is 0. The molecular weight excluding hydrogens is 312 g/mol. The van der Waals surface area contributed by atoms with E-state index in [4.69, 9.17) is 0 Å². The number of benzene rings is 6. The molecule has 0 saturated heterocycles. The molecule has 0 N–H and O–H groups in total. The Balaban J connectivity index is 1.75. The van der Waals surface area contributed by atoms with Crippen LogP contribution in [-0.4, -0.2) is 0 Å². The quantitative estimate of drug-likeness (QED) is 0.276. The Morgan fingerprint density at radius 2 is 0.923 bits per heavy atom. The van der Waals surface area contributed by atoms with Gasteiger partial charge in [0.2, 0.25) is 0 Å². The van der Waals surface area contributed by atoms with Crippen molar-refractivity contribution in [3.63, 3.8) is 0 Å². The Hall–Kier alpha value is -3.38. The van der Waals surface area contributed by atoms with Gasteiger partial charge in [-0.25, -0.2) is 0 Å². The van der Waals surface area contributed by atoms with E-state index in [0.717, 1.165) is 0 Å². The third kappa shape index (κ3) is 1.84. The highest BCUT2D eigenvalue weighted by Gasteiger charge is 2.11. The van der Waals surface area contributed by atoms with Crippen LogP contribution < -0.4 is 0 Å². The molecule has 6 aromatic rings. The SMILES string of the molecule is c1ccc2c(-c3cc4ccc5cccc6ccc(c3)c4c56)cccc2c1.